The first-order valence-electron chi connectivity index (χ1n) is 11.3. The van der Waals surface area contributed by atoms with Crippen LogP contribution in [0.2, 0.25) is 0 Å². The van der Waals surface area contributed by atoms with Crippen molar-refractivity contribution in [3.63, 3.8) is 0 Å². The molecule has 0 aliphatic carbocycles. The fourth-order valence-corrected chi connectivity index (χ4v) is 11.1. The molecule has 4 aromatic carbocycles. The summed E-state index contributed by atoms with van der Waals surface area (Å²) >= 11 is -3.52. The summed E-state index contributed by atoms with van der Waals surface area (Å²) in [6.45, 7) is 0. The Morgan fingerprint density at radius 1 is 0.692 bits per heavy atom. The number of hydrogen-bond donors (Lipinski definition) is 0. The number of fused-ring (bicyclic) bond motifs is 3. The number of rotatable bonds is 5. The van der Waals surface area contributed by atoms with E-state index < -0.39 is 52.5 Å². The van der Waals surface area contributed by atoms with E-state index in [0.29, 0.717) is 29.6 Å². The molecule has 1 radical (unpaired) electrons. The van der Waals surface area contributed by atoms with Gasteiger partial charge in [-0.3, -0.25) is 4.79 Å². The fourth-order valence-electron chi connectivity index (χ4n) is 4.02. The molecule has 7 nitrogen and oxygen atoms in total. The van der Waals surface area contributed by atoms with Crippen LogP contribution in [-0.4, -0.2) is 8.42 Å². The molecule has 0 bridgehead atoms. The van der Waals surface area contributed by atoms with Crippen molar-refractivity contribution in [3.05, 3.63) is 130 Å². The van der Waals surface area contributed by atoms with Crippen molar-refractivity contribution < 1.29 is 48.8 Å². The fraction of sp³-hybridized carbons (Fsp3) is 0. The third kappa shape index (κ3) is 4.73. The first-order valence-corrected chi connectivity index (χ1v) is 15.7. The molecule has 195 valence electrons. The van der Waals surface area contributed by atoms with Gasteiger partial charge in [0.2, 0.25) is 5.43 Å². The third-order valence-corrected chi connectivity index (χ3v) is 13.1. The maximum atomic E-state index is 14.5. The maximum Gasteiger partial charge on any atom is 0.339 e. The van der Waals surface area contributed by atoms with E-state index in [2.05, 4.69) is 0 Å². The van der Waals surface area contributed by atoms with E-state index in [1.165, 1.54) is 18.2 Å². The molecule has 0 amide bonds. The number of halogens is 3. The van der Waals surface area contributed by atoms with Gasteiger partial charge in [-0.2, -0.15) is 8.42 Å². The van der Waals surface area contributed by atoms with E-state index >= 15 is 0 Å². The van der Waals surface area contributed by atoms with Crippen molar-refractivity contribution in [2.45, 2.75) is 4.90 Å². The minimum absolute atomic E-state index is 0.197. The van der Waals surface area contributed by atoms with Gasteiger partial charge in [0.25, 0.3) is 0 Å². The first-order chi connectivity index (χ1) is 18.7. The van der Waals surface area contributed by atoms with E-state index in [1.807, 2.05) is 0 Å². The van der Waals surface area contributed by atoms with Crippen LogP contribution in [0.1, 0.15) is 0 Å². The van der Waals surface area contributed by atoms with Gasteiger partial charge in [-0.05, 0) is 57.1 Å². The maximum absolute atomic E-state index is 14.5. The summed E-state index contributed by atoms with van der Waals surface area (Å²) in [6.07, 6.45) is 0. The smallest absolute Gasteiger partial charge is 0.339 e. The Balaban J connectivity index is 1.55. The third-order valence-electron chi connectivity index (χ3n) is 5.83. The molecular weight excluding hydrogens is 645 g/mol. The molecule has 0 N–H and O–H groups in total. The molecule has 0 aliphatic heterocycles. The molecule has 2 aromatic heterocycles. The average Bonchev–Trinajstić information content (AvgIpc) is 2.91. The quantitative estimate of drug-likeness (QED) is 0.159. The molecule has 39 heavy (non-hydrogen) atoms. The Morgan fingerprint density at radius 3 is 2.23 bits per heavy atom. The summed E-state index contributed by atoms with van der Waals surface area (Å²) in [5.41, 5.74) is -0.0374. The highest BCUT2D eigenvalue weighted by Gasteiger charge is 2.40. The molecule has 0 saturated heterocycles. The molecule has 0 unspecified atom stereocenters. The van der Waals surface area contributed by atoms with Gasteiger partial charge in [-0.15, -0.1) is 0 Å². The van der Waals surface area contributed by atoms with E-state index in [9.17, 15) is 26.8 Å². The lowest BCUT2D eigenvalue weighted by Crippen LogP contribution is -3.85. The predicted molar refractivity (Wildman–Crippen MR) is 134 cm³/mol. The molecule has 0 fully saturated rings. The van der Waals surface area contributed by atoms with Gasteiger partial charge >= 0.3 is 36.0 Å². The van der Waals surface area contributed by atoms with Crippen molar-refractivity contribution in [3.8, 4) is 0 Å². The lowest BCUT2D eigenvalue weighted by atomic mass is 10.1. The van der Waals surface area contributed by atoms with Gasteiger partial charge in [-0.25, -0.2) is 13.6 Å². The molecule has 0 aliphatic rings. The van der Waals surface area contributed by atoms with Crippen LogP contribution in [-0.2, 0) is 12.6 Å². The van der Waals surface area contributed by atoms with Crippen LogP contribution in [0.3, 0.4) is 0 Å². The van der Waals surface area contributed by atoms with Gasteiger partial charge in [-0.1, -0.05) is 12.1 Å². The Kier molecular flexibility index (Phi) is 6.28. The van der Waals surface area contributed by atoms with Crippen LogP contribution in [0.5, 0.6) is 0 Å². The van der Waals surface area contributed by atoms with Gasteiger partial charge in [0, 0.05) is 29.7 Å². The van der Waals surface area contributed by atoms with E-state index in [-0.39, 0.29) is 22.0 Å². The van der Waals surface area contributed by atoms with Crippen LogP contribution in [0.4, 0.5) is 8.78 Å². The Morgan fingerprint density at radius 2 is 1.41 bits per heavy atom. The molecular formula is C28H15F2IO7S+. The molecule has 0 spiro atoms. The Bertz CT molecular complexity index is 2160. The van der Waals surface area contributed by atoms with E-state index in [0.717, 1.165) is 12.1 Å². The summed E-state index contributed by atoms with van der Waals surface area (Å²) in [5.74, 6) is -2.25. The second-order valence-electron chi connectivity index (χ2n) is 8.35. The molecule has 6 aromatic rings. The largest absolute Gasteiger partial charge is 0.456 e. The first kappa shape index (κ1) is 25.3. The van der Waals surface area contributed by atoms with Gasteiger partial charge in [0.05, 0.1) is 10.8 Å². The second kappa shape index (κ2) is 9.67. The van der Waals surface area contributed by atoms with Crippen molar-refractivity contribution in [2.75, 3.05) is 0 Å². The second-order valence-corrected chi connectivity index (χ2v) is 14.8. The number of benzene rings is 4. The Hall–Kier alpha value is -3.94. The minimum Gasteiger partial charge on any atom is -0.456 e. The molecule has 11 heteroatoms. The van der Waals surface area contributed by atoms with Crippen molar-refractivity contribution in [2.24, 2.45) is 0 Å². The highest BCUT2D eigenvalue weighted by molar-refractivity contribution is 7.86. The summed E-state index contributed by atoms with van der Waals surface area (Å²) in [6, 6.07) is 20.9. The van der Waals surface area contributed by atoms with Crippen molar-refractivity contribution in [1.82, 2.24) is 0 Å². The summed E-state index contributed by atoms with van der Waals surface area (Å²) in [5, 5.41) is 1.14. The highest BCUT2D eigenvalue weighted by atomic mass is 127. The van der Waals surface area contributed by atoms with E-state index in [1.54, 1.807) is 54.6 Å². The minimum atomic E-state index is -4.73. The lowest BCUT2D eigenvalue weighted by Gasteiger charge is -2.08. The Labute approximate surface area is 226 Å². The van der Waals surface area contributed by atoms with Crippen LogP contribution in [0.15, 0.2) is 114 Å². The van der Waals surface area contributed by atoms with Gasteiger partial charge in [0.15, 0.2) is 7.14 Å². The molecule has 0 atom stereocenters. The van der Waals surface area contributed by atoms with Gasteiger partial charge < -0.3 is 8.83 Å². The molecule has 0 saturated carbocycles. The molecule has 6 rings (SSSR count). The highest BCUT2D eigenvalue weighted by Crippen LogP contribution is 2.19. The van der Waals surface area contributed by atoms with E-state index in [4.69, 9.17) is 11.3 Å². The summed E-state index contributed by atoms with van der Waals surface area (Å²) in [7, 11) is -4.73. The SMILES string of the molecule is O=c1ccc2ccc([I+](OS(=O)(=O)c3ccc(F)cc3F)c3ccc4oc5ccccc5c(=O)c4c3)cc2o1. The number of hydrogen-bond acceptors (Lipinski definition) is 7. The monoisotopic (exact) mass is 660 g/mol. The predicted octanol–water partition coefficient (Wildman–Crippen LogP) is 2.32. The van der Waals surface area contributed by atoms with Crippen molar-refractivity contribution >= 4 is 43.0 Å². The molecule has 2 heterocycles. The summed E-state index contributed by atoms with van der Waals surface area (Å²) < 4.78 is 72.0. The zero-order valence-corrected chi connectivity index (χ0v) is 22.5. The zero-order chi connectivity index (χ0) is 27.3. The summed E-state index contributed by atoms with van der Waals surface area (Å²) in [4.78, 5) is 24.2. The topological polar surface area (TPSA) is 104 Å². The standard InChI is InChI=1S/C28H15F2IO7S/c29-17-7-11-26(22(30)13-17)39(34,35)38-31(19-8-5-16-6-12-27(32)37-25(16)15-19)18-9-10-24-21(14-18)28(33)20-3-1-2-4-23(20)36-24/h1-15H/q+1. The van der Waals surface area contributed by atoms with Crippen molar-refractivity contribution in [1.29, 1.82) is 0 Å². The zero-order valence-electron chi connectivity index (χ0n) is 19.6. The van der Waals surface area contributed by atoms with Crippen LogP contribution >= 0.6 is 0 Å². The number of para-hydroxylation sites is 1. The van der Waals surface area contributed by atoms with Crippen LogP contribution in [0.25, 0.3) is 32.9 Å². The van der Waals surface area contributed by atoms with Crippen LogP contribution < -0.4 is 31.3 Å². The van der Waals surface area contributed by atoms with Crippen LogP contribution in [0, 0.1) is 18.8 Å². The van der Waals surface area contributed by atoms with Gasteiger partial charge in [0.1, 0.15) is 33.3 Å². The average molecular weight is 660 g/mol. The lowest BCUT2D eigenvalue weighted by molar-refractivity contribution is -1.03. The normalized spacial score (nSPS) is 12.1.